The van der Waals surface area contributed by atoms with E-state index in [1.807, 2.05) is 25.2 Å². The number of rotatable bonds is 5. The Labute approximate surface area is 173 Å². The summed E-state index contributed by atoms with van der Waals surface area (Å²) in [5, 5.41) is 10.8. The zero-order valence-electron chi connectivity index (χ0n) is 16.2. The standard InChI is InChI=1S/C22H23FN4OS/c1-3-14-12-25-27(2)21(14)19-7-8-20(29-19)22(28)26-18-13-24-10-9-17(18)15-5-4-6-16(23)11-15/h3-8,11-12,17-18,24H,1,9-10,13H2,2H3,(H,26,28)/t17-,18?/m0/s1. The van der Waals surface area contributed by atoms with Crippen LogP contribution in [-0.4, -0.2) is 34.8 Å². The van der Waals surface area contributed by atoms with Crippen molar-refractivity contribution >= 4 is 23.3 Å². The van der Waals surface area contributed by atoms with Crippen molar-refractivity contribution in [3.05, 3.63) is 71.0 Å². The number of carbonyl (C=O) groups excluding carboxylic acids is 1. The number of aryl methyl sites for hydroxylation is 1. The third kappa shape index (κ3) is 4.02. The molecular formula is C22H23FN4OS. The lowest BCUT2D eigenvalue weighted by atomic mass is 9.86. The number of hydrogen-bond acceptors (Lipinski definition) is 4. The lowest BCUT2D eigenvalue weighted by Gasteiger charge is -2.33. The van der Waals surface area contributed by atoms with Crippen molar-refractivity contribution in [2.45, 2.75) is 18.4 Å². The Hall–Kier alpha value is -2.77. The van der Waals surface area contributed by atoms with Gasteiger partial charge >= 0.3 is 0 Å². The lowest BCUT2D eigenvalue weighted by Crippen LogP contribution is -2.49. The number of halogens is 1. The minimum Gasteiger partial charge on any atom is -0.347 e. The monoisotopic (exact) mass is 410 g/mol. The molecule has 2 atom stereocenters. The molecule has 2 N–H and O–H groups in total. The van der Waals surface area contributed by atoms with Crippen LogP contribution in [0.2, 0.25) is 0 Å². The van der Waals surface area contributed by atoms with E-state index in [0.29, 0.717) is 11.4 Å². The number of thiophene rings is 1. The normalized spacial score (nSPS) is 19.1. The van der Waals surface area contributed by atoms with E-state index in [4.69, 9.17) is 0 Å². The van der Waals surface area contributed by atoms with E-state index in [0.717, 1.165) is 34.7 Å². The van der Waals surface area contributed by atoms with Crippen LogP contribution in [0.3, 0.4) is 0 Å². The van der Waals surface area contributed by atoms with E-state index in [2.05, 4.69) is 22.3 Å². The maximum atomic E-state index is 13.7. The molecule has 1 aliphatic heterocycles. The van der Waals surface area contributed by atoms with Crippen molar-refractivity contribution in [2.75, 3.05) is 13.1 Å². The number of nitrogens with one attached hydrogen (secondary N) is 2. The fraction of sp³-hybridized carbons (Fsp3) is 0.273. The molecule has 0 saturated carbocycles. The van der Waals surface area contributed by atoms with Crippen molar-refractivity contribution in [3.63, 3.8) is 0 Å². The predicted octanol–water partition coefficient (Wildman–Crippen LogP) is 3.81. The second-order valence-electron chi connectivity index (χ2n) is 7.17. The first kappa shape index (κ1) is 19.5. The van der Waals surface area contributed by atoms with Crippen LogP contribution in [0.4, 0.5) is 4.39 Å². The van der Waals surface area contributed by atoms with Crippen LogP contribution < -0.4 is 10.6 Å². The van der Waals surface area contributed by atoms with Crippen LogP contribution in [0.1, 0.15) is 33.1 Å². The van der Waals surface area contributed by atoms with Crippen LogP contribution in [0, 0.1) is 5.82 Å². The van der Waals surface area contributed by atoms with Gasteiger partial charge in [0.05, 0.1) is 21.6 Å². The molecular weight excluding hydrogens is 387 g/mol. The van der Waals surface area contributed by atoms with Gasteiger partial charge in [0.1, 0.15) is 5.82 Å². The summed E-state index contributed by atoms with van der Waals surface area (Å²) in [4.78, 5) is 14.5. The molecule has 0 spiro atoms. The molecule has 3 aromatic rings. The van der Waals surface area contributed by atoms with E-state index >= 15 is 0 Å². The Morgan fingerprint density at radius 1 is 1.41 bits per heavy atom. The summed E-state index contributed by atoms with van der Waals surface area (Å²) in [6.07, 6.45) is 4.37. The first-order valence-corrected chi connectivity index (χ1v) is 10.4. The van der Waals surface area contributed by atoms with E-state index in [-0.39, 0.29) is 23.7 Å². The minimum absolute atomic E-state index is 0.0831. The fourth-order valence-electron chi connectivity index (χ4n) is 3.88. The third-order valence-electron chi connectivity index (χ3n) is 5.33. The Morgan fingerprint density at radius 3 is 3.07 bits per heavy atom. The number of carbonyl (C=O) groups is 1. The SMILES string of the molecule is C=Cc1cnn(C)c1-c1ccc(C(=O)NC2CNCC[C@H]2c2cccc(F)c2)s1. The van der Waals surface area contributed by atoms with Gasteiger partial charge in [0, 0.05) is 31.1 Å². The van der Waals surface area contributed by atoms with Crippen LogP contribution >= 0.6 is 11.3 Å². The molecule has 4 rings (SSSR count). The average Bonchev–Trinajstić information content (AvgIpc) is 3.34. The Bertz CT molecular complexity index is 1040. The molecule has 1 aromatic carbocycles. The number of nitrogens with zero attached hydrogens (tertiary/aromatic N) is 2. The van der Waals surface area contributed by atoms with E-state index in [9.17, 15) is 9.18 Å². The summed E-state index contributed by atoms with van der Waals surface area (Å²) in [6.45, 7) is 5.34. The van der Waals surface area contributed by atoms with Crippen molar-refractivity contribution in [2.24, 2.45) is 7.05 Å². The highest BCUT2D eigenvalue weighted by Crippen LogP contribution is 2.32. The van der Waals surface area contributed by atoms with E-state index in [1.54, 1.807) is 29.1 Å². The van der Waals surface area contributed by atoms with Crippen molar-refractivity contribution < 1.29 is 9.18 Å². The first-order chi connectivity index (χ1) is 14.1. The maximum Gasteiger partial charge on any atom is 0.261 e. The summed E-state index contributed by atoms with van der Waals surface area (Å²) in [6, 6.07) is 10.3. The molecule has 7 heteroatoms. The molecule has 1 amide bonds. The topological polar surface area (TPSA) is 59.0 Å². The Balaban J connectivity index is 1.53. The smallest absolute Gasteiger partial charge is 0.261 e. The molecule has 2 aromatic heterocycles. The molecule has 0 bridgehead atoms. The number of hydrogen-bond donors (Lipinski definition) is 2. The van der Waals surface area contributed by atoms with Gasteiger partial charge in [-0.2, -0.15) is 5.10 Å². The molecule has 0 radical (unpaired) electrons. The summed E-state index contributed by atoms with van der Waals surface area (Å²) < 4.78 is 15.5. The molecule has 1 aliphatic rings. The Morgan fingerprint density at radius 2 is 2.28 bits per heavy atom. The first-order valence-electron chi connectivity index (χ1n) is 9.58. The highest BCUT2D eigenvalue weighted by atomic mass is 32.1. The van der Waals surface area contributed by atoms with Gasteiger partial charge in [-0.3, -0.25) is 9.48 Å². The van der Waals surface area contributed by atoms with Gasteiger partial charge in [-0.1, -0.05) is 24.8 Å². The van der Waals surface area contributed by atoms with Crippen molar-refractivity contribution in [1.29, 1.82) is 0 Å². The van der Waals surface area contributed by atoms with Gasteiger partial charge in [-0.15, -0.1) is 11.3 Å². The number of benzene rings is 1. The van der Waals surface area contributed by atoms with E-state index in [1.165, 1.54) is 17.4 Å². The molecule has 0 aliphatic carbocycles. The van der Waals surface area contributed by atoms with Gasteiger partial charge in [0.15, 0.2) is 0 Å². The highest BCUT2D eigenvalue weighted by Gasteiger charge is 2.28. The third-order valence-corrected chi connectivity index (χ3v) is 6.42. The number of aromatic nitrogens is 2. The van der Waals surface area contributed by atoms with Gasteiger partial charge in [-0.25, -0.2) is 4.39 Å². The summed E-state index contributed by atoms with van der Waals surface area (Å²) >= 11 is 1.43. The minimum atomic E-state index is -0.247. The van der Waals surface area contributed by atoms with Gasteiger partial charge in [0.25, 0.3) is 5.91 Å². The molecule has 3 heterocycles. The predicted molar refractivity (Wildman–Crippen MR) is 114 cm³/mol. The molecule has 1 saturated heterocycles. The number of amides is 1. The van der Waals surface area contributed by atoms with Gasteiger partial charge in [0.2, 0.25) is 0 Å². The van der Waals surface area contributed by atoms with Crippen LogP contribution in [0.25, 0.3) is 16.6 Å². The lowest BCUT2D eigenvalue weighted by molar-refractivity contribution is 0.0928. The van der Waals surface area contributed by atoms with E-state index < -0.39 is 0 Å². The highest BCUT2D eigenvalue weighted by molar-refractivity contribution is 7.17. The largest absolute Gasteiger partial charge is 0.347 e. The second-order valence-corrected chi connectivity index (χ2v) is 8.26. The molecule has 1 fully saturated rings. The van der Waals surface area contributed by atoms with Gasteiger partial charge in [-0.05, 0) is 42.8 Å². The molecule has 1 unspecified atom stereocenters. The fourth-order valence-corrected chi connectivity index (χ4v) is 4.89. The molecule has 150 valence electrons. The summed E-state index contributed by atoms with van der Waals surface area (Å²) in [5.41, 5.74) is 2.80. The van der Waals surface area contributed by atoms with Crippen LogP contribution in [0.15, 0.2) is 49.2 Å². The zero-order chi connectivity index (χ0) is 20.4. The zero-order valence-corrected chi connectivity index (χ0v) is 17.0. The summed E-state index contributed by atoms with van der Waals surface area (Å²) in [5.74, 6) is -0.276. The van der Waals surface area contributed by atoms with Crippen LogP contribution in [0.5, 0.6) is 0 Å². The van der Waals surface area contributed by atoms with Gasteiger partial charge < -0.3 is 10.6 Å². The maximum absolute atomic E-state index is 13.7. The van der Waals surface area contributed by atoms with Crippen molar-refractivity contribution in [1.82, 2.24) is 20.4 Å². The van der Waals surface area contributed by atoms with Crippen LogP contribution in [-0.2, 0) is 7.05 Å². The molecule has 29 heavy (non-hydrogen) atoms. The number of piperidine rings is 1. The summed E-state index contributed by atoms with van der Waals surface area (Å²) in [7, 11) is 1.87. The molecule has 5 nitrogen and oxygen atoms in total. The quantitative estimate of drug-likeness (QED) is 0.673. The average molecular weight is 411 g/mol. The van der Waals surface area contributed by atoms with Crippen molar-refractivity contribution in [3.8, 4) is 10.6 Å². The second kappa shape index (κ2) is 8.31. The Kier molecular flexibility index (Phi) is 5.60.